The molecule has 0 N–H and O–H groups in total. The van der Waals surface area contributed by atoms with E-state index < -0.39 is 0 Å². The van der Waals surface area contributed by atoms with Gasteiger partial charge in [0.25, 0.3) is 5.91 Å². The average Bonchev–Trinajstić information content (AvgIpc) is 3.42. The van der Waals surface area contributed by atoms with Crippen LogP contribution in [0.5, 0.6) is 0 Å². The standard InChI is InChI=1S/C22H22N4OS/c1-16-6-11-28-19(16)21(27)25-10-7-22(14-25)15-26(13-17-4-2-8-23-12-17)18-5-3-9-24-20(18)22/h2-6,8-9,11-12H,7,10,13-15H2,1H3/t22-/m0/s1. The van der Waals surface area contributed by atoms with E-state index in [1.165, 1.54) is 22.6 Å². The number of nitrogens with zero attached hydrogens (tertiary/aromatic N) is 4. The van der Waals surface area contributed by atoms with E-state index in [0.29, 0.717) is 0 Å². The number of anilines is 1. The molecule has 1 atom stereocenters. The van der Waals surface area contributed by atoms with Gasteiger partial charge in [0.15, 0.2) is 0 Å². The second-order valence-corrected chi connectivity index (χ2v) is 8.69. The summed E-state index contributed by atoms with van der Waals surface area (Å²) in [5, 5.41) is 2.00. The van der Waals surface area contributed by atoms with Crippen molar-refractivity contribution in [2.75, 3.05) is 24.5 Å². The van der Waals surface area contributed by atoms with E-state index in [-0.39, 0.29) is 11.3 Å². The van der Waals surface area contributed by atoms with Gasteiger partial charge in [0.05, 0.1) is 21.7 Å². The van der Waals surface area contributed by atoms with Crippen LogP contribution in [0.4, 0.5) is 5.69 Å². The molecule has 1 fully saturated rings. The summed E-state index contributed by atoms with van der Waals surface area (Å²) in [6, 6.07) is 10.3. The lowest BCUT2D eigenvalue weighted by molar-refractivity contribution is 0.0788. The van der Waals surface area contributed by atoms with Gasteiger partial charge in [0.2, 0.25) is 0 Å². The molecule has 0 saturated carbocycles. The third-order valence-electron chi connectivity index (χ3n) is 5.92. The van der Waals surface area contributed by atoms with Gasteiger partial charge in [-0.25, -0.2) is 0 Å². The molecule has 28 heavy (non-hydrogen) atoms. The van der Waals surface area contributed by atoms with Crippen LogP contribution < -0.4 is 4.90 Å². The first-order valence-electron chi connectivity index (χ1n) is 9.59. The summed E-state index contributed by atoms with van der Waals surface area (Å²) in [5.74, 6) is 0.160. The molecule has 2 aliphatic heterocycles. The number of fused-ring (bicyclic) bond motifs is 2. The van der Waals surface area contributed by atoms with Crippen molar-refractivity contribution in [2.24, 2.45) is 0 Å². The van der Waals surface area contributed by atoms with Gasteiger partial charge in [-0.2, -0.15) is 0 Å². The summed E-state index contributed by atoms with van der Waals surface area (Å²) < 4.78 is 0. The molecule has 0 aliphatic carbocycles. The molecule has 2 aliphatic rings. The Morgan fingerprint density at radius 1 is 1.21 bits per heavy atom. The minimum Gasteiger partial charge on any atom is -0.365 e. The molecule has 142 valence electrons. The molecule has 0 bridgehead atoms. The predicted molar refractivity (Wildman–Crippen MR) is 111 cm³/mol. The van der Waals surface area contributed by atoms with E-state index in [0.717, 1.165) is 48.7 Å². The number of hydrogen-bond acceptors (Lipinski definition) is 5. The first-order chi connectivity index (χ1) is 13.7. The van der Waals surface area contributed by atoms with E-state index in [1.807, 2.05) is 47.8 Å². The maximum atomic E-state index is 13.0. The Hall–Kier alpha value is -2.73. The molecule has 5 heterocycles. The molecule has 5 nitrogen and oxygen atoms in total. The zero-order chi connectivity index (χ0) is 19.1. The van der Waals surface area contributed by atoms with E-state index >= 15 is 0 Å². The third kappa shape index (κ3) is 2.79. The Labute approximate surface area is 168 Å². The zero-order valence-electron chi connectivity index (χ0n) is 15.8. The molecule has 0 radical (unpaired) electrons. The molecular weight excluding hydrogens is 368 g/mol. The molecule has 1 amide bonds. The lowest BCUT2D eigenvalue weighted by atomic mass is 9.85. The Morgan fingerprint density at radius 2 is 2.11 bits per heavy atom. The van der Waals surface area contributed by atoms with Gasteiger partial charge >= 0.3 is 0 Å². The van der Waals surface area contributed by atoms with Crippen molar-refractivity contribution < 1.29 is 4.79 Å². The van der Waals surface area contributed by atoms with E-state index in [4.69, 9.17) is 4.98 Å². The van der Waals surface area contributed by atoms with Crippen LogP contribution in [0.15, 0.2) is 54.3 Å². The summed E-state index contributed by atoms with van der Waals surface area (Å²) in [6.07, 6.45) is 6.56. The summed E-state index contributed by atoms with van der Waals surface area (Å²) in [6.45, 7) is 5.23. The van der Waals surface area contributed by atoms with Crippen molar-refractivity contribution in [3.05, 3.63) is 76.0 Å². The summed E-state index contributed by atoms with van der Waals surface area (Å²) in [5.41, 5.74) is 4.50. The Kier molecular flexibility index (Phi) is 4.16. The number of likely N-dealkylation sites (tertiary alicyclic amines) is 1. The van der Waals surface area contributed by atoms with Crippen LogP contribution in [0, 0.1) is 6.92 Å². The topological polar surface area (TPSA) is 49.3 Å². The van der Waals surface area contributed by atoms with Crippen molar-refractivity contribution in [1.29, 1.82) is 0 Å². The second-order valence-electron chi connectivity index (χ2n) is 7.78. The molecule has 0 unspecified atom stereocenters. The van der Waals surface area contributed by atoms with Crippen LogP contribution in [0.25, 0.3) is 0 Å². The monoisotopic (exact) mass is 390 g/mol. The molecule has 0 aromatic carbocycles. The Morgan fingerprint density at radius 3 is 2.89 bits per heavy atom. The fourth-order valence-corrected chi connectivity index (χ4v) is 5.43. The van der Waals surface area contributed by atoms with E-state index in [1.54, 1.807) is 6.20 Å². The number of hydrogen-bond donors (Lipinski definition) is 0. The first kappa shape index (κ1) is 17.4. The molecule has 1 saturated heterocycles. The molecule has 6 heteroatoms. The highest BCUT2D eigenvalue weighted by atomic mass is 32.1. The van der Waals surface area contributed by atoms with Gasteiger partial charge in [-0.3, -0.25) is 14.8 Å². The summed E-state index contributed by atoms with van der Waals surface area (Å²) in [4.78, 5) is 27.3. The maximum Gasteiger partial charge on any atom is 0.264 e. The van der Waals surface area contributed by atoms with Gasteiger partial charge in [0.1, 0.15) is 0 Å². The molecular formula is C22H22N4OS. The maximum absolute atomic E-state index is 13.0. The normalized spacial score (nSPS) is 20.8. The number of rotatable bonds is 3. The first-order valence-corrected chi connectivity index (χ1v) is 10.5. The second kappa shape index (κ2) is 6.71. The fourth-order valence-electron chi connectivity index (χ4n) is 4.54. The van der Waals surface area contributed by atoms with Crippen LogP contribution in [-0.2, 0) is 12.0 Å². The van der Waals surface area contributed by atoms with Crippen LogP contribution in [0.2, 0.25) is 0 Å². The minimum absolute atomic E-state index is 0.0837. The number of amides is 1. The fraction of sp³-hybridized carbons (Fsp3) is 0.318. The highest BCUT2D eigenvalue weighted by Crippen LogP contribution is 2.46. The average molecular weight is 391 g/mol. The molecule has 3 aromatic rings. The van der Waals surface area contributed by atoms with E-state index in [9.17, 15) is 4.79 Å². The number of thiophene rings is 1. The Balaban J connectivity index is 1.43. The molecule has 5 rings (SSSR count). The Bertz CT molecular complexity index is 1020. The van der Waals surface area contributed by atoms with Crippen molar-refractivity contribution in [3.63, 3.8) is 0 Å². The van der Waals surface area contributed by atoms with Crippen molar-refractivity contribution in [1.82, 2.24) is 14.9 Å². The largest absolute Gasteiger partial charge is 0.365 e. The molecule has 3 aromatic heterocycles. The van der Waals surface area contributed by atoms with Crippen LogP contribution in [0.1, 0.15) is 32.9 Å². The van der Waals surface area contributed by atoms with Crippen molar-refractivity contribution in [2.45, 2.75) is 25.3 Å². The summed E-state index contributed by atoms with van der Waals surface area (Å²) >= 11 is 1.54. The van der Waals surface area contributed by atoms with Gasteiger partial charge < -0.3 is 9.80 Å². The zero-order valence-corrected chi connectivity index (χ0v) is 16.7. The third-order valence-corrected chi connectivity index (χ3v) is 6.92. The highest BCUT2D eigenvalue weighted by molar-refractivity contribution is 7.12. The number of carbonyl (C=O) groups is 1. The number of carbonyl (C=O) groups excluding carboxylic acids is 1. The van der Waals surface area contributed by atoms with Crippen LogP contribution in [0.3, 0.4) is 0 Å². The summed E-state index contributed by atoms with van der Waals surface area (Å²) in [7, 11) is 0. The minimum atomic E-state index is -0.0837. The SMILES string of the molecule is Cc1ccsc1C(=O)N1CC[C@]2(C1)CN(Cc1cccnc1)c1cccnc12. The van der Waals surface area contributed by atoms with Gasteiger partial charge in [-0.1, -0.05) is 6.07 Å². The van der Waals surface area contributed by atoms with Crippen molar-refractivity contribution in [3.8, 4) is 0 Å². The smallest absolute Gasteiger partial charge is 0.264 e. The van der Waals surface area contributed by atoms with Gasteiger partial charge in [-0.05, 0) is 54.1 Å². The lowest BCUT2D eigenvalue weighted by Crippen LogP contribution is -2.38. The van der Waals surface area contributed by atoms with Crippen LogP contribution in [-0.4, -0.2) is 40.4 Å². The van der Waals surface area contributed by atoms with Crippen molar-refractivity contribution >= 4 is 22.9 Å². The molecule has 1 spiro atoms. The van der Waals surface area contributed by atoms with Crippen LogP contribution >= 0.6 is 11.3 Å². The predicted octanol–water partition coefficient (Wildman–Crippen LogP) is 3.65. The lowest BCUT2D eigenvalue weighted by Gasteiger charge is -2.25. The van der Waals surface area contributed by atoms with E-state index in [2.05, 4.69) is 22.0 Å². The number of pyridine rings is 2. The quantitative estimate of drug-likeness (QED) is 0.685. The number of aryl methyl sites for hydroxylation is 1. The van der Waals surface area contributed by atoms with Gasteiger partial charge in [0, 0.05) is 44.8 Å². The highest BCUT2D eigenvalue weighted by Gasteiger charge is 2.49. The number of aromatic nitrogens is 2. The van der Waals surface area contributed by atoms with Gasteiger partial charge in [-0.15, -0.1) is 11.3 Å².